The molecule has 0 aromatic heterocycles. The molecule has 2 N–H and O–H groups in total. The maximum absolute atomic E-state index is 12.8. The van der Waals surface area contributed by atoms with Crippen molar-refractivity contribution in [3.63, 3.8) is 0 Å². The number of benzene rings is 2. The topological polar surface area (TPSA) is 61.4 Å². The molecule has 0 radical (unpaired) electrons. The van der Waals surface area contributed by atoms with Gasteiger partial charge in [-0.15, -0.1) is 0 Å². The zero-order chi connectivity index (χ0) is 21.1. The van der Waals surface area contributed by atoms with Gasteiger partial charge in [-0.1, -0.05) is 42.5 Å². The highest BCUT2D eigenvalue weighted by Crippen LogP contribution is 2.44. The average Bonchev–Trinajstić information content (AvgIpc) is 3.50. The summed E-state index contributed by atoms with van der Waals surface area (Å²) in [5, 5.41) is 6.06. The van der Waals surface area contributed by atoms with Gasteiger partial charge in [0.25, 0.3) is 0 Å². The Balaban J connectivity index is 1.34. The van der Waals surface area contributed by atoms with E-state index in [-0.39, 0.29) is 17.9 Å². The molecule has 1 heterocycles. The molecule has 1 aliphatic heterocycles. The molecule has 158 valence electrons. The highest BCUT2D eigenvalue weighted by Gasteiger charge is 2.33. The Kier molecular flexibility index (Phi) is 6.18. The van der Waals surface area contributed by atoms with Crippen LogP contribution in [0.3, 0.4) is 0 Å². The zero-order valence-electron chi connectivity index (χ0n) is 17.9. The molecule has 5 nitrogen and oxygen atoms in total. The van der Waals surface area contributed by atoms with Crippen LogP contribution in [0.2, 0.25) is 0 Å². The maximum atomic E-state index is 12.8. The lowest BCUT2D eigenvalue weighted by Crippen LogP contribution is -2.42. The molecule has 0 saturated heterocycles. The number of rotatable bonds is 9. The van der Waals surface area contributed by atoms with Gasteiger partial charge in [-0.3, -0.25) is 9.59 Å². The number of nitrogens with one attached hydrogen (secondary N) is 2. The first-order chi connectivity index (χ1) is 14.5. The van der Waals surface area contributed by atoms with Crippen LogP contribution < -0.4 is 10.6 Å². The van der Waals surface area contributed by atoms with Crippen molar-refractivity contribution < 1.29 is 9.59 Å². The number of hydrogen-bond acceptors (Lipinski definition) is 3. The molecule has 1 saturated carbocycles. The summed E-state index contributed by atoms with van der Waals surface area (Å²) in [6.07, 6.45) is 4.29. The Morgan fingerprint density at radius 1 is 1.17 bits per heavy atom. The molecular weight excluding hydrogens is 374 g/mol. The normalized spacial score (nSPS) is 17.4. The summed E-state index contributed by atoms with van der Waals surface area (Å²) >= 11 is 0. The van der Waals surface area contributed by atoms with Crippen LogP contribution in [0.4, 0.5) is 5.69 Å². The average molecular weight is 406 g/mol. The molecule has 0 spiro atoms. The lowest BCUT2D eigenvalue weighted by Gasteiger charge is -2.25. The third-order valence-electron chi connectivity index (χ3n) is 6.36. The van der Waals surface area contributed by atoms with Crippen LogP contribution in [0.15, 0.2) is 48.5 Å². The summed E-state index contributed by atoms with van der Waals surface area (Å²) in [5.74, 6) is 1.16. The van der Waals surface area contributed by atoms with Crippen LogP contribution in [-0.2, 0) is 22.4 Å². The first kappa shape index (κ1) is 20.6. The highest BCUT2D eigenvalue weighted by atomic mass is 16.2. The quantitative estimate of drug-likeness (QED) is 0.673. The smallest absolute Gasteiger partial charge is 0.228 e. The summed E-state index contributed by atoms with van der Waals surface area (Å²) in [7, 11) is 4.10. The number of amides is 2. The summed E-state index contributed by atoms with van der Waals surface area (Å²) in [6.45, 7) is 0.617. The van der Waals surface area contributed by atoms with E-state index in [1.807, 2.05) is 26.2 Å². The van der Waals surface area contributed by atoms with Gasteiger partial charge >= 0.3 is 0 Å². The SMILES string of the molecule is CN(C)[C@H](CNC(=O)C[C@@H](c1ccccc1)C1CC1)Cc1ccc2c(c1)CC(=O)N2. The van der Waals surface area contributed by atoms with Crippen LogP contribution in [0.5, 0.6) is 0 Å². The van der Waals surface area contributed by atoms with Crippen LogP contribution in [-0.4, -0.2) is 43.4 Å². The van der Waals surface area contributed by atoms with Gasteiger partial charge in [-0.25, -0.2) is 0 Å². The van der Waals surface area contributed by atoms with Crippen molar-refractivity contribution in [1.82, 2.24) is 10.2 Å². The van der Waals surface area contributed by atoms with E-state index in [2.05, 4.69) is 51.9 Å². The van der Waals surface area contributed by atoms with Crippen molar-refractivity contribution in [1.29, 1.82) is 0 Å². The molecule has 0 unspecified atom stereocenters. The largest absolute Gasteiger partial charge is 0.355 e. The minimum Gasteiger partial charge on any atom is -0.355 e. The number of carbonyl (C=O) groups excluding carboxylic acids is 2. The number of nitrogens with zero attached hydrogens (tertiary/aromatic N) is 1. The van der Waals surface area contributed by atoms with E-state index < -0.39 is 0 Å². The van der Waals surface area contributed by atoms with Gasteiger partial charge in [-0.05, 0) is 68.0 Å². The number of likely N-dealkylation sites (N-methyl/N-ethyl adjacent to an activating group) is 1. The monoisotopic (exact) mass is 405 g/mol. The van der Waals surface area contributed by atoms with Crippen molar-refractivity contribution in [2.24, 2.45) is 5.92 Å². The fourth-order valence-corrected chi connectivity index (χ4v) is 4.38. The van der Waals surface area contributed by atoms with Gasteiger partial charge in [0.1, 0.15) is 0 Å². The molecular formula is C25H31N3O2. The van der Waals surface area contributed by atoms with Crippen molar-refractivity contribution >= 4 is 17.5 Å². The second kappa shape index (κ2) is 9.00. The number of anilines is 1. The summed E-state index contributed by atoms with van der Waals surface area (Å²) in [6, 6.07) is 16.8. The van der Waals surface area contributed by atoms with E-state index in [0.717, 1.165) is 17.7 Å². The molecule has 2 atom stereocenters. The first-order valence-corrected chi connectivity index (χ1v) is 10.9. The lowest BCUT2D eigenvalue weighted by atomic mass is 9.90. The van der Waals surface area contributed by atoms with Gasteiger partial charge < -0.3 is 15.5 Å². The highest BCUT2D eigenvalue weighted by molar-refractivity contribution is 5.99. The molecule has 2 aromatic rings. The van der Waals surface area contributed by atoms with Gasteiger partial charge in [0.15, 0.2) is 0 Å². The first-order valence-electron chi connectivity index (χ1n) is 10.9. The van der Waals surface area contributed by atoms with Crippen LogP contribution in [0.1, 0.15) is 41.9 Å². The second-order valence-corrected chi connectivity index (χ2v) is 8.90. The molecule has 5 heteroatoms. The molecule has 1 aliphatic carbocycles. The Hall–Kier alpha value is -2.66. The van der Waals surface area contributed by atoms with Gasteiger partial charge in [0.2, 0.25) is 11.8 Å². The minimum absolute atomic E-state index is 0.0576. The Morgan fingerprint density at radius 3 is 2.63 bits per heavy atom. The molecule has 2 amide bonds. The fraction of sp³-hybridized carbons (Fsp3) is 0.440. The second-order valence-electron chi connectivity index (χ2n) is 8.90. The van der Waals surface area contributed by atoms with Crippen molar-refractivity contribution in [2.45, 2.75) is 44.1 Å². The summed E-state index contributed by atoms with van der Waals surface area (Å²) in [5.41, 5.74) is 4.46. The van der Waals surface area contributed by atoms with E-state index in [9.17, 15) is 9.59 Å². The molecule has 4 rings (SSSR count). The van der Waals surface area contributed by atoms with Gasteiger partial charge in [0, 0.05) is 24.7 Å². The molecule has 0 bridgehead atoms. The molecule has 30 heavy (non-hydrogen) atoms. The number of carbonyl (C=O) groups is 2. The van der Waals surface area contributed by atoms with E-state index in [4.69, 9.17) is 0 Å². The predicted molar refractivity (Wildman–Crippen MR) is 119 cm³/mol. The van der Waals surface area contributed by atoms with Crippen LogP contribution >= 0.6 is 0 Å². The van der Waals surface area contributed by atoms with E-state index in [1.54, 1.807) is 0 Å². The lowest BCUT2D eigenvalue weighted by molar-refractivity contribution is -0.121. The van der Waals surface area contributed by atoms with Crippen molar-refractivity contribution in [3.8, 4) is 0 Å². The van der Waals surface area contributed by atoms with Gasteiger partial charge in [0.05, 0.1) is 6.42 Å². The van der Waals surface area contributed by atoms with Crippen molar-refractivity contribution in [2.75, 3.05) is 26.0 Å². The third kappa shape index (κ3) is 5.08. The molecule has 2 aromatic carbocycles. The number of hydrogen-bond donors (Lipinski definition) is 2. The zero-order valence-corrected chi connectivity index (χ0v) is 17.9. The molecule has 2 aliphatic rings. The number of fused-ring (bicyclic) bond motifs is 1. The minimum atomic E-state index is 0.0576. The molecule has 1 fully saturated rings. The van der Waals surface area contributed by atoms with E-state index in [1.165, 1.54) is 24.0 Å². The predicted octanol–water partition coefficient (Wildman–Crippen LogP) is 3.35. The van der Waals surface area contributed by atoms with Crippen LogP contribution in [0, 0.1) is 5.92 Å². The Labute approximate surface area is 178 Å². The van der Waals surface area contributed by atoms with E-state index in [0.29, 0.717) is 31.2 Å². The third-order valence-corrected chi connectivity index (χ3v) is 6.36. The van der Waals surface area contributed by atoms with Crippen molar-refractivity contribution in [3.05, 3.63) is 65.2 Å². The summed E-state index contributed by atoms with van der Waals surface area (Å²) in [4.78, 5) is 26.5. The summed E-state index contributed by atoms with van der Waals surface area (Å²) < 4.78 is 0. The Morgan fingerprint density at radius 2 is 1.93 bits per heavy atom. The Bertz CT molecular complexity index is 906. The fourth-order valence-electron chi connectivity index (χ4n) is 4.38. The van der Waals surface area contributed by atoms with Crippen LogP contribution in [0.25, 0.3) is 0 Å². The standard InChI is InChI=1S/C25H31N3O2/c1-28(2)21(13-17-8-11-23-20(12-17)14-25(30)27-23)16-26-24(29)15-22(19-9-10-19)18-6-4-3-5-7-18/h3-8,11-12,19,21-22H,9-10,13-16H2,1-2H3,(H,26,29)(H,27,30)/t21-,22-/m0/s1. The van der Waals surface area contributed by atoms with E-state index >= 15 is 0 Å². The van der Waals surface area contributed by atoms with Gasteiger partial charge in [-0.2, -0.15) is 0 Å². The maximum Gasteiger partial charge on any atom is 0.228 e.